The van der Waals surface area contributed by atoms with Crippen molar-refractivity contribution in [1.82, 2.24) is 15.1 Å². The Kier molecular flexibility index (Phi) is 1.80. The van der Waals surface area contributed by atoms with E-state index in [4.69, 9.17) is 4.52 Å². The van der Waals surface area contributed by atoms with Gasteiger partial charge in [-0.2, -0.15) is 0 Å². The van der Waals surface area contributed by atoms with Gasteiger partial charge in [0.1, 0.15) is 5.69 Å². The third-order valence-electron chi connectivity index (χ3n) is 3.07. The zero-order valence-electron chi connectivity index (χ0n) is 9.42. The van der Waals surface area contributed by atoms with Crippen LogP contribution in [-0.4, -0.2) is 15.1 Å². The van der Waals surface area contributed by atoms with E-state index < -0.39 is 0 Å². The molecule has 0 aliphatic carbocycles. The summed E-state index contributed by atoms with van der Waals surface area (Å²) in [5, 5.41) is 5.17. The van der Waals surface area contributed by atoms with Crippen molar-refractivity contribution >= 4 is 22.0 Å². The Bertz CT molecular complexity index is 844. The SMILES string of the molecule is c1ccc2c(-c3ccc4nc[nH]c4c3)noc2c1. The zero-order valence-corrected chi connectivity index (χ0v) is 9.42. The second kappa shape index (κ2) is 3.43. The number of hydrogen-bond acceptors (Lipinski definition) is 3. The first-order valence-corrected chi connectivity index (χ1v) is 5.70. The average molecular weight is 235 g/mol. The molecule has 0 spiro atoms. The summed E-state index contributed by atoms with van der Waals surface area (Å²) in [6.45, 7) is 0. The lowest BCUT2D eigenvalue weighted by molar-refractivity contribution is 0.459. The largest absolute Gasteiger partial charge is 0.356 e. The summed E-state index contributed by atoms with van der Waals surface area (Å²) in [4.78, 5) is 7.30. The highest BCUT2D eigenvalue weighted by Gasteiger charge is 2.10. The van der Waals surface area contributed by atoms with Gasteiger partial charge in [-0.15, -0.1) is 0 Å². The molecule has 0 bridgehead atoms. The van der Waals surface area contributed by atoms with E-state index >= 15 is 0 Å². The van der Waals surface area contributed by atoms with Gasteiger partial charge in [0.2, 0.25) is 0 Å². The van der Waals surface area contributed by atoms with Gasteiger partial charge in [-0.05, 0) is 24.3 Å². The molecule has 0 aliphatic heterocycles. The van der Waals surface area contributed by atoms with Crippen LogP contribution >= 0.6 is 0 Å². The molecule has 0 unspecified atom stereocenters. The van der Waals surface area contributed by atoms with Crippen LogP contribution in [0.15, 0.2) is 53.3 Å². The van der Waals surface area contributed by atoms with Crippen LogP contribution in [0.1, 0.15) is 0 Å². The zero-order chi connectivity index (χ0) is 11.9. The monoisotopic (exact) mass is 235 g/mol. The van der Waals surface area contributed by atoms with E-state index in [2.05, 4.69) is 15.1 Å². The Balaban J connectivity index is 2.00. The minimum absolute atomic E-state index is 0.803. The molecule has 0 saturated heterocycles. The van der Waals surface area contributed by atoms with Gasteiger partial charge >= 0.3 is 0 Å². The van der Waals surface area contributed by atoms with Crippen LogP contribution in [0.3, 0.4) is 0 Å². The number of aromatic amines is 1. The molecule has 2 heterocycles. The maximum absolute atomic E-state index is 5.32. The molecule has 86 valence electrons. The Labute approximate surface area is 102 Å². The highest BCUT2D eigenvalue weighted by atomic mass is 16.5. The lowest BCUT2D eigenvalue weighted by atomic mass is 10.1. The van der Waals surface area contributed by atoms with E-state index in [0.717, 1.165) is 33.3 Å². The number of fused-ring (bicyclic) bond motifs is 2. The molecule has 0 radical (unpaired) electrons. The molecule has 0 saturated carbocycles. The predicted molar refractivity (Wildman–Crippen MR) is 69.1 cm³/mol. The van der Waals surface area contributed by atoms with Gasteiger partial charge < -0.3 is 9.51 Å². The lowest BCUT2D eigenvalue weighted by Crippen LogP contribution is -1.79. The number of aromatic nitrogens is 3. The molecular formula is C14H9N3O. The van der Waals surface area contributed by atoms with Gasteiger partial charge in [0.15, 0.2) is 5.58 Å². The van der Waals surface area contributed by atoms with Crippen molar-refractivity contribution in [3.63, 3.8) is 0 Å². The summed E-state index contributed by atoms with van der Waals surface area (Å²) in [7, 11) is 0. The van der Waals surface area contributed by atoms with E-state index in [1.54, 1.807) is 6.33 Å². The molecule has 2 aromatic carbocycles. The van der Waals surface area contributed by atoms with Crippen LogP contribution in [-0.2, 0) is 0 Å². The highest BCUT2D eigenvalue weighted by Crippen LogP contribution is 2.29. The van der Waals surface area contributed by atoms with Crippen molar-refractivity contribution in [2.24, 2.45) is 0 Å². The fourth-order valence-electron chi connectivity index (χ4n) is 2.18. The van der Waals surface area contributed by atoms with E-state index in [1.165, 1.54) is 0 Å². The molecule has 4 rings (SSSR count). The Hall–Kier alpha value is -2.62. The summed E-state index contributed by atoms with van der Waals surface area (Å²) in [6, 6.07) is 13.9. The van der Waals surface area contributed by atoms with Gasteiger partial charge in [0.25, 0.3) is 0 Å². The highest BCUT2D eigenvalue weighted by molar-refractivity contribution is 5.93. The van der Waals surface area contributed by atoms with Crippen molar-refractivity contribution in [2.45, 2.75) is 0 Å². The summed E-state index contributed by atoms with van der Waals surface area (Å²) in [5.41, 5.74) is 4.64. The third kappa shape index (κ3) is 1.26. The fourth-order valence-corrected chi connectivity index (χ4v) is 2.18. The average Bonchev–Trinajstić information content (AvgIpc) is 3.04. The van der Waals surface area contributed by atoms with Gasteiger partial charge in [-0.3, -0.25) is 0 Å². The van der Waals surface area contributed by atoms with Crippen LogP contribution in [0, 0.1) is 0 Å². The molecule has 4 aromatic rings. The second-order valence-corrected chi connectivity index (χ2v) is 4.16. The number of imidazole rings is 1. The normalized spacial score (nSPS) is 11.3. The van der Waals surface area contributed by atoms with Crippen molar-refractivity contribution in [3.8, 4) is 11.3 Å². The van der Waals surface area contributed by atoms with Crippen LogP contribution < -0.4 is 0 Å². The number of nitrogens with one attached hydrogen (secondary N) is 1. The fraction of sp³-hybridized carbons (Fsp3) is 0. The first-order valence-electron chi connectivity index (χ1n) is 5.70. The first-order chi connectivity index (χ1) is 8.92. The van der Waals surface area contributed by atoms with Crippen molar-refractivity contribution in [1.29, 1.82) is 0 Å². The quantitative estimate of drug-likeness (QED) is 0.550. The molecular weight excluding hydrogens is 226 g/mol. The van der Waals surface area contributed by atoms with Gasteiger partial charge in [0.05, 0.1) is 17.4 Å². The Morgan fingerprint density at radius 3 is 3.00 bits per heavy atom. The minimum Gasteiger partial charge on any atom is -0.356 e. The number of rotatable bonds is 1. The standard InChI is InChI=1S/C14H9N3O/c1-2-4-13-10(3-1)14(17-18-13)9-5-6-11-12(7-9)16-8-15-11/h1-8H,(H,15,16). The number of para-hydroxylation sites is 1. The smallest absolute Gasteiger partial charge is 0.167 e. The van der Waals surface area contributed by atoms with E-state index in [0.29, 0.717) is 0 Å². The molecule has 1 N–H and O–H groups in total. The van der Waals surface area contributed by atoms with Gasteiger partial charge in [-0.25, -0.2) is 4.98 Å². The molecule has 0 atom stereocenters. The summed E-state index contributed by atoms with van der Waals surface area (Å²) in [6.07, 6.45) is 1.69. The molecule has 4 heteroatoms. The molecule has 0 aliphatic rings. The summed E-state index contributed by atoms with van der Waals surface area (Å²) < 4.78 is 5.32. The maximum atomic E-state index is 5.32. The van der Waals surface area contributed by atoms with Gasteiger partial charge in [0, 0.05) is 10.9 Å². The maximum Gasteiger partial charge on any atom is 0.167 e. The predicted octanol–water partition coefficient (Wildman–Crippen LogP) is 3.37. The van der Waals surface area contributed by atoms with E-state index in [-0.39, 0.29) is 0 Å². The van der Waals surface area contributed by atoms with Crippen LogP contribution in [0.4, 0.5) is 0 Å². The van der Waals surface area contributed by atoms with Crippen LogP contribution in [0.2, 0.25) is 0 Å². The third-order valence-corrected chi connectivity index (χ3v) is 3.07. The van der Waals surface area contributed by atoms with Crippen LogP contribution in [0.5, 0.6) is 0 Å². The van der Waals surface area contributed by atoms with E-state index in [9.17, 15) is 0 Å². The summed E-state index contributed by atoms with van der Waals surface area (Å²) >= 11 is 0. The first kappa shape index (κ1) is 9.41. The second-order valence-electron chi connectivity index (χ2n) is 4.16. The van der Waals surface area contributed by atoms with Crippen molar-refractivity contribution in [3.05, 3.63) is 48.8 Å². The number of H-pyrrole nitrogens is 1. The summed E-state index contributed by atoms with van der Waals surface area (Å²) in [5.74, 6) is 0. The molecule has 18 heavy (non-hydrogen) atoms. The van der Waals surface area contributed by atoms with Crippen molar-refractivity contribution in [2.75, 3.05) is 0 Å². The molecule has 2 aromatic heterocycles. The van der Waals surface area contributed by atoms with Crippen molar-refractivity contribution < 1.29 is 4.52 Å². The van der Waals surface area contributed by atoms with Crippen LogP contribution in [0.25, 0.3) is 33.3 Å². The lowest BCUT2D eigenvalue weighted by Gasteiger charge is -1.96. The number of hydrogen-bond donors (Lipinski definition) is 1. The number of nitrogens with zero attached hydrogens (tertiary/aromatic N) is 2. The Morgan fingerprint density at radius 2 is 2.00 bits per heavy atom. The van der Waals surface area contributed by atoms with Gasteiger partial charge in [-0.1, -0.05) is 23.4 Å². The number of benzene rings is 2. The Morgan fingerprint density at radius 1 is 1.06 bits per heavy atom. The van der Waals surface area contributed by atoms with E-state index in [1.807, 2.05) is 42.5 Å². The topological polar surface area (TPSA) is 54.7 Å². The molecule has 0 amide bonds. The minimum atomic E-state index is 0.803. The molecule has 0 fully saturated rings. The molecule has 4 nitrogen and oxygen atoms in total.